The summed E-state index contributed by atoms with van der Waals surface area (Å²) in [4.78, 5) is 12.5. The number of carbonyl (C=O) groups is 1. The predicted molar refractivity (Wildman–Crippen MR) is 201 cm³/mol. The highest BCUT2D eigenvalue weighted by Crippen LogP contribution is 2.16. The lowest BCUT2D eigenvalue weighted by molar-refractivity contribution is -0.132. The van der Waals surface area contributed by atoms with Gasteiger partial charge in [-0.1, -0.05) is 187 Å². The van der Waals surface area contributed by atoms with Gasteiger partial charge in [-0.2, -0.15) is 0 Å². The van der Waals surface area contributed by atoms with E-state index in [0.717, 1.165) is 51.4 Å². The van der Waals surface area contributed by atoms with E-state index in [4.69, 9.17) is 0 Å². The van der Waals surface area contributed by atoms with Gasteiger partial charge in [0.2, 0.25) is 5.91 Å². The van der Waals surface area contributed by atoms with Crippen molar-refractivity contribution >= 4 is 5.91 Å². The topological polar surface area (TPSA) is 110 Å². The third-order valence-corrected chi connectivity index (χ3v) is 9.73. The van der Waals surface area contributed by atoms with Crippen molar-refractivity contribution in [3.05, 3.63) is 12.2 Å². The molecule has 0 radical (unpaired) electrons. The standard InChI is InChI=1S/C41H81NO5/c1-3-5-7-9-11-13-15-17-19-20-21-23-25-27-29-31-33-35-39(45)41(47)42-37(36-43)40(46)38(44)34-32-30-28-26-24-22-18-16-14-12-10-8-6-4-2/h21,23,37-40,43-46H,3-20,22,24-36H2,1-2H3,(H,42,47)/b23-21-. The van der Waals surface area contributed by atoms with Crippen LogP contribution in [0.2, 0.25) is 0 Å². The van der Waals surface area contributed by atoms with Crippen molar-refractivity contribution in [3.8, 4) is 0 Å². The maximum atomic E-state index is 12.5. The molecule has 0 fully saturated rings. The Labute approximate surface area is 292 Å². The summed E-state index contributed by atoms with van der Waals surface area (Å²) in [6.07, 6.45) is 38.0. The molecule has 0 saturated carbocycles. The number of allylic oxidation sites excluding steroid dienone is 2. The van der Waals surface area contributed by atoms with Crippen molar-refractivity contribution in [3.63, 3.8) is 0 Å². The number of aliphatic hydroxyl groups excluding tert-OH is 4. The van der Waals surface area contributed by atoms with Gasteiger partial charge in [-0.15, -0.1) is 0 Å². The van der Waals surface area contributed by atoms with E-state index in [2.05, 4.69) is 31.3 Å². The molecule has 4 atom stereocenters. The summed E-state index contributed by atoms with van der Waals surface area (Å²) in [7, 11) is 0. The number of unbranched alkanes of at least 4 members (excludes halogenated alkanes) is 26. The molecule has 1 amide bonds. The third-order valence-electron chi connectivity index (χ3n) is 9.73. The first-order chi connectivity index (χ1) is 23.0. The zero-order valence-corrected chi connectivity index (χ0v) is 31.3. The van der Waals surface area contributed by atoms with Gasteiger partial charge >= 0.3 is 0 Å². The Hall–Kier alpha value is -0.950. The molecular formula is C41H81NO5. The van der Waals surface area contributed by atoms with Crippen molar-refractivity contribution in [2.45, 2.75) is 237 Å². The van der Waals surface area contributed by atoms with Gasteiger partial charge in [0.25, 0.3) is 0 Å². The van der Waals surface area contributed by atoms with Crippen LogP contribution in [0.3, 0.4) is 0 Å². The minimum atomic E-state index is -1.26. The number of carbonyl (C=O) groups excluding carboxylic acids is 1. The monoisotopic (exact) mass is 668 g/mol. The average molecular weight is 668 g/mol. The molecule has 0 bridgehead atoms. The molecule has 0 aliphatic rings. The summed E-state index contributed by atoms with van der Waals surface area (Å²) in [5.74, 6) is -0.591. The van der Waals surface area contributed by atoms with Crippen LogP contribution in [-0.2, 0) is 4.79 Å². The van der Waals surface area contributed by atoms with Crippen LogP contribution in [0.25, 0.3) is 0 Å². The third kappa shape index (κ3) is 30.8. The molecule has 0 aromatic rings. The number of hydrogen-bond acceptors (Lipinski definition) is 5. The van der Waals surface area contributed by atoms with Gasteiger partial charge in [0, 0.05) is 0 Å². The van der Waals surface area contributed by atoms with Crippen LogP contribution in [0, 0.1) is 0 Å². The quantitative estimate of drug-likeness (QED) is 0.0335. The molecule has 6 heteroatoms. The highest BCUT2D eigenvalue weighted by Gasteiger charge is 2.28. The maximum absolute atomic E-state index is 12.5. The molecule has 0 aromatic heterocycles. The Morgan fingerprint density at radius 1 is 0.511 bits per heavy atom. The number of rotatable bonds is 37. The first-order valence-corrected chi connectivity index (χ1v) is 20.6. The van der Waals surface area contributed by atoms with Crippen LogP contribution < -0.4 is 5.32 Å². The molecule has 0 spiro atoms. The highest BCUT2D eigenvalue weighted by molar-refractivity contribution is 5.80. The molecular weight excluding hydrogens is 586 g/mol. The number of aliphatic hydroxyl groups is 4. The smallest absolute Gasteiger partial charge is 0.249 e. The highest BCUT2D eigenvalue weighted by atomic mass is 16.3. The van der Waals surface area contributed by atoms with Gasteiger partial charge in [0.1, 0.15) is 12.2 Å². The Bertz CT molecular complexity index is 672. The zero-order chi connectivity index (χ0) is 34.6. The summed E-state index contributed by atoms with van der Waals surface area (Å²) >= 11 is 0. The van der Waals surface area contributed by atoms with E-state index < -0.39 is 36.9 Å². The fourth-order valence-electron chi connectivity index (χ4n) is 6.40. The summed E-state index contributed by atoms with van der Waals surface area (Å²) in [5, 5.41) is 43.6. The van der Waals surface area contributed by atoms with Gasteiger partial charge in [0.05, 0.1) is 18.8 Å². The molecule has 0 heterocycles. The Morgan fingerprint density at radius 3 is 1.23 bits per heavy atom. The summed E-state index contributed by atoms with van der Waals surface area (Å²) in [6, 6.07) is -0.985. The molecule has 6 nitrogen and oxygen atoms in total. The van der Waals surface area contributed by atoms with E-state index in [1.807, 2.05) is 0 Å². The predicted octanol–water partition coefficient (Wildman–Crippen LogP) is 10.2. The molecule has 0 saturated heterocycles. The second-order valence-electron chi connectivity index (χ2n) is 14.3. The van der Waals surface area contributed by atoms with Gasteiger partial charge in [-0.3, -0.25) is 4.79 Å². The second-order valence-corrected chi connectivity index (χ2v) is 14.3. The molecule has 47 heavy (non-hydrogen) atoms. The van der Waals surface area contributed by atoms with Crippen molar-refractivity contribution < 1.29 is 25.2 Å². The first-order valence-electron chi connectivity index (χ1n) is 20.6. The Kier molecular flexibility index (Phi) is 35.6. The molecule has 0 rings (SSSR count). The fourth-order valence-corrected chi connectivity index (χ4v) is 6.40. The molecule has 0 aromatic carbocycles. The van der Waals surface area contributed by atoms with E-state index in [1.165, 1.54) is 135 Å². The van der Waals surface area contributed by atoms with Gasteiger partial charge < -0.3 is 25.7 Å². The lowest BCUT2D eigenvalue weighted by Crippen LogP contribution is -2.53. The minimum absolute atomic E-state index is 0.357. The zero-order valence-electron chi connectivity index (χ0n) is 31.3. The van der Waals surface area contributed by atoms with E-state index in [1.54, 1.807) is 0 Å². The molecule has 280 valence electrons. The van der Waals surface area contributed by atoms with E-state index in [0.29, 0.717) is 12.8 Å². The van der Waals surface area contributed by atoms with E-state index >= 15 is 0 Å². The number of nitrogens with one attached hydrogen (secondary N) is 1. The molecule has 0 aliphatic carbocycles. The molecule has 4 unspecified atom stereocenters. The van der Waals surface area contributed by atoms with E-state index in [9.17, 15) is 25.2 Å². The van der Waals surface area contributed by atoms with Crippen LogP contribution >= 0.6 is 0 Å². The van der Waals surface area contributed by atoms with Crippen molar-refractivity contribution in [1.29, 1.82) is 0 Å². The van der Waals surface area contributed by atoms with E-state index in [-0.39, 0.29) is 0 Å². The number of amides is 1. The lowest BCUT2D eigenvalue weighted by atomic mass is 9.99. The van der Waals surface area contributed by atoms with Crippen LogP contribution in [0.4, 0.5) is 0 Å². The Morgan fingerprint density at radius 2 is 0.851 bits per heavy atom. The summed E-state index contributed by atoms with van der Waals surface area (Å²) < 4.78 is 0. The van der Waals surface area contributed by atoms with Crippen molar-refractivity contribution in [2.24, 2.45) is 0 Å². The van der Waals surface area contributed by atoms with Crippen LogP contribution in [0.1, 0.15) is 213 Å². The van der Waals surface area contributed by atoms with Crippen molar-refractivity contribution in [1.82, 2.24) is 5.32 Å². The van der Waals surface area contributed by atoms with Gasteiger partial charge in [0.15, 0.2) is 0 Å². The first kappa shape index (κ1) is 46.0. The van der Waals surface area contributed by atoms with Gasteiger partial charge in [-0.25, -0.2) is 0 Å². The average Bonchev–Trinajstić information content (AvgIpc) is 3.07. The normalized spacial score (nSPS) is 14.4. The maximum Gasteiger partial charge on any atom is 0.249 e. The number of hydrogen-bond donors (Lipinski definition) is 5. The summed E-state index contributed by atoms with van der Waals surface area (Å²) in [5.41, 5.74) is 0. The minimum Gasteiger partial charge on any atom is -0.394 e. The molecule has 0 aliphatic heterocycles. The second kappa shape index (κ2) is 36.3. The fraction of sp³-hybridized carbons (Fsp3) is 0.927. The van der Waals surface area contributed by atoms with Gasteiger partial charge in [-0.05, 0) is 38.5 Å². The summed E-state index contributed by atoms with van der Waals surface area (Å²) in [6.45, 7) is 4.04. The SMILES string of the molecule is CCCCCCCCCCC/C=C\CCCCCCC(O)C(=O)NC(CO)C(O)C(O)CCCCCCCCCCCCCCCC. The lowest BCUT2D eigenvalue weighted by Gasteiger charge is -2.27. The Balaban J connectivity index is 3.78. The van der Waals surface area contributed by atoms with Crippen LogP contribution in [0.5, 0.6) is 0 Å². The largest absolute Gasteiger partial charge is 0.394 e. The molecule has 5 N–H and O–H groups in total. The van der Waals surface area contributed by atoms with Crippen molar-refractivity contribution in [2.75, 3.05) is 6.61 Å². The van der Waals surface area contributed by atoms with Crippen LogP contribution in [-0.4, -0.2) is 57.3 Å². The van der Waals surface area contributed by atoms with Crippen LogP contribution in [0.15, 0.2) is 12.2 Å².